The molecular formula is C15H19ClN2O2. The van der Waals surface area contributed by atoms with E-state index in [2.05, 4.69) is 12.2 Å². The molecule has 0 saturated carbocycles. The third-order valence-corrected chi connectivity index (χ3v) is 3.64. The summed E-state index contributed by atoms with van der Waals surface area (Å²) in [6.45, 7) is 6.50. The number of piperazine rings is 1. The number of furan rings is 1. The highest BCUT2D eigenvalue weighted by Crippen LogP contribution is 2.22. The Morgan fingerprint density at radius 1 is 1.40 bits per heavy atom. The molecule has 0 radical (unpaired) electrons. The van der Waals surface area contributed by atoms with Crippen molar-refractivity contribution in [2.45, 2.75) is 19.9 Å². The Morgan fingerprint density at radius 3 is 2.95 bits per heavy atom. The minimum absolute atomic E-state index is 0. The second kappa shape index (κ2) is 5.85. The average molecular weight is 295 g/mol. The SMILES string of the molecule is Cc1ccc2oc(C(=O)N3CCNC[C@@H]3C)cc2c1.Cl. The molecule has 1 aromatic heterocycles. The summed E-state index contributed by atoms with van der Waals surface area (Å²) in [5.41, 5.74) is 1.94. The van der Waals surface area contributed by atoms with Gasteiger partial charge < -0.3 is 14.6 Å². The van der Waals surface area contributed by atoms with Gasteiger partial charge in [-0.15, -0.1) is 12.4 Å². The van der Waals surface area contributed by atoms with Crippen molar-refractivity contribution in [1.29, 1.82) is 0 Å². The van der Waals surface area contributed by atoms with Gasteiger partial charge in [0.1, 0.15) is 5.58 Å². The molecule has 1 saturated heterocycles. The third-order valence-electron chi connectivity index (χ3n) is 3.64. The lowest BCUT2D eigenvalue weighted by Crippen LogP contribution is -2.52. The number of halogens is 1. The lowest BCUT2D eigenvalue weighted by Gasteiger charge is -2.33. The molecular weight excluding hydrogens is 276 g/mol. The molecule has 1 aromatic carbocycles. The van der Waals surface area contributed by atoms with E-state index in [-0.39, 0.29) is 24.4 Å². The number of carbonyl (C=O) groups is 1. The topological polar surface area (TPSA) is 45.5 Å². The highest BCUT2D eigenvalue weighted by atomic mass is 35.5. The Kier molecular flexibility index (Phi) is 4.35. The number of fused-ring (bicyclic) bond motifs is 1. The second-order valence-electron chi connectivity index (χ2n) is 5.20. The molecule has 0 bridgehead atoms. The summed E-state index contributed by atoms with van der Waals surface area (Å²) in [4.78, 5) is 14.3. The van der Waals surface area contributed by atoms with Crippen molar-refractivity contribution in [2.75, 3.05) is 19.6 Å². The van der Waals surface area contributed by atoms with Crippen LogP contribution in [0.25, 0.3) is 11.0 Å². The van der Waals surface area contributed by atoms with Crippen LogP contribution in [0.5, 0.6) is 0 Å². The number of benzene rings is 1. The minimum atomic E-state index is -0.0112. The zero-order chi connectivity index (χ0) is 13.4. The van der Waals surface area contributed by atoms with Gasteiger partial charge in [-0.3, -0.25) is 4.79 Å². The molecule has 0 spiro atoms. The molecule has 0 unspecified atom stereocenters. The summed E-state index contributed by atoms with van der Waals surface area (Å²) in [6.07, 6.45) is 0. The lowest BCUT2D eigenvalue weighted by atomic mass is 10.1. The summed E-state index contributed by atoms with van der Waals surface area (Å²) in [7, 11) is 0. The molecule has 4 nitrogen and oxygen atoms in total. The van der Waals surface area contributed by atoms with Crippen molar-refractivity contribution < 1.29 is 9.21 Å². The van der Waals surface area contributed by atoms with E-state index in [4.69, 9.17) is 4.42 Å². The zero-order valence-corrected chi connectivity index (χ0v) is 12.5. The lowest BCUT2D eigenvalue weighted by molar-refractivity contribution is 0.0625. The predicted molar refractivity (Wildman–Crippen MR) is 81.6 cm³/mol. The number of nitrogens with zero attached hydrogens (tertiary/aromatic N) is 1. The van der Waals surface area contributed by atoms with Crippen LogP contribution >= 0.6 is 12.4 Å². The van der Waals surface area contributed by atoms with Crippen molar-refractivity contribution in [3.8, 4) is 0 Å². The molecule has 2 heterocycles. The number of nitrogens with one attached hydrogen (secondary N) is 1. The molecule has 20 heavy (non-hydrogen) atoms. The monoisotopic (exact) mass is 294 g/mol. The molecule has 2 aromatic rings. The highest BCUT2D eigenvalue weighted by molar-refractivity contribution is 5.96. The van der Waals surface area contributed by atoms with E-state index in [0.717, 1.165) is 30.6 Å². The van der Waals surface area contributed by atoms with Crippen LogP contribution in [0.3, 0.4) is 0 Å². The number of rotatable bonds is 1. The molecule has 1 aliphatic heterocycles. The standard InChI is InChI=1S/C15H18N2O2.ClH/c1-10-3-4-13-12(7-10)8-14(19-13)15(18)17-6-5-16-9-11(17)2;/h3-4,7-8,11,16H,5-6,9H2,1-2H3;1H/t11-;/m0./s1. The minimum Gasteiger partial charge on any atom is -0.451 e. The number of carbonyl (C=O) groups excluding carboxylic acids is 1. The molecule has 1 N–H and O–H groups in total. The number of hydrogen-bond acceptors (Lipinski definition) is 3. The first-order valence-electron chi connectivity index (χ1n) is 6.67. The van der Waals surface area contributed by atoms with Crippen LogP contribution in [-0.4, -0.2) is 36.5 Å². The maximum atomic E-state index is 12.5. The smallest absolute Gasteiger partial charge is 0.289 e. The summed E-state index contributed by atoms with van der Waals surface area (Å²) in [5, 5.41) is 4.27. The van der Waals surface area contributed by atoms with Crippen molar-refractivity contribution in [2.24, 2.45) is 0 Å². The van der Waals surface area contributed by atoms with Crippen LogP contribution in [0.1, 0.15) is 23.0 Å². The Morgan fingerprint density at radius 2 is 2.20 bits per heavy atom. The normalized spacial score (nSPS) is 18.9. The van der Waals surface area contributed by atoms with Gasteiger partial charge >= 0.3 is 0 Å². The van der Waals surface area contributed by atoms with Crippen LogP contribution in [0.2, 0.25) is 0 Å². The molecule has 1 atom stereocenters. The van der Waals surface area contributed by atoms with Gasteiger partial charge in [0.05, 0.1) is 0 Å². The quantitative estimate of drug-likeness (QED) is 0.879. The first kappa shape index (κ1) is 14.9. The van der Waals surface area contributed by atoms with E-state index < -0.39 is 0 Å². The van der Waals surface area contributed by atoms with Gasteiger partial charge in [-0.2, -0.15) is 0 Å². The maximum absolute atomic E-state index is 12.5. The van der Waals surface area contributed by atoms with Gasteiger partial charge in [-0.25, -0.2) is 0 Å². The molecule has 3 rings (SSSR count). The van der Waals surface area contributed by atoms with Crippen molar-refractivity contribution in [1.82, 2.24) is 10.2 Å². The van der Waals surface area contributed by atoms with E-state index in [1.54, 1.807) is 0 Å². The fraction of sp³-hybridized carbons (Fsp3) is 0.400. The van der Waals surface area contributed by atoms with Gasteiger partial charge in [-0.1, -0.05) is 11.6 Å². The summed E-state index contributed by atoms with van der Waals surface area (Å²) < 4.78 is 5.67. The number of amides is 1. The van der Waals surface area contributed by atoms with E-state index in [1.165, 1.54) is 5.56 Å². The molecule has 108 valence electrons. The molecule has 1 fully saturated rings. The zero-order valence-electron chi connectivity index (χ0n) is 11.7. The van der Waals surface area contributed by atoms with E-state index in [0.29, 0.717) is 5.76 Å². The van der Waals surface area contributed by atoms with Gasteiger partial charge in [0, 0.05) is 31.1 Å². The highest BCUT2D eigenvalue weighted by Gasteiger charge is 2.26. The maximum Gasteiger partial charge on any atom is 0.289 e. The first-order chi connectivity index (χ1) is 9.15. The average Bonchev–Trinajstić information content (AvgIpc) is 2.81. The third kappa shape index (κ3) is 2.67. The number of hydrogen-bond donors (Lipinski definition) is 1. The molecule has 1 amide bonds. The number of aryl methyl sites for hydroxylation is 1. The Bertz CT molecular complexity index is 623. The van der Waals surface area contributed by atoms with Crippen molar-refractivity contribution in [3.63, 3.8) is 0 Å². The van der Waals surface area contributed by atoms with Crippen molar-refractivity contribution in [3.05, 3.63) is 35.6 Å². The van der Waals surface area contributed by atoms with Crippen LogP contribution < -0.4 is 5.32 Å². The van der Waals surface area contributed by atoms with Crippen LogP contribution in [0.15, 0.2) is 28.7 Å². The van der Waals surface area contributed by atoms with Gasteiger partial charge in [0.25, 0.3) is 5.91 Å². The Balaban J connectivity index is 0.00000147. The Hall–Kier alpha value is -1.52. The van der Waals surface area contributed by atoms with Crippen LogP contribution in [0, 0.1) is 6.92 Å². The fourth-order valence-corrected chi connectivity index (χ4v) is 2.55. The van der Waals surface area contributed by atoms with Gasteiger partial charge in [0.15, 0.2) is 5.76 Å². The summed E-state index contributed by atoms with van der Waals surface area (Å²) >= 11 is 0. The molecule has 5 heteroatoms. The first-order valence-corrected chi connectivity index (χ1v) is 6.67. The predicted octanol–water partition coefficient (Wildman–Crippen LogP) is 2.60. The van der Waals surface area contributed by atoms with Crippen LogP contribution in [-0.2, 0) is 0 Å². The molecule has 1 aliphatic rings. The summed E-state index contributed by atoms with van der Waals surface area (Å²) in [5.74, 6) is 0.428. The second-order valence-corrected chi connectivity index (χ2v) is 5.20. The van der Waals surface area contributed by atoms with Gasteiger partial charge in [0.2, 0.25) is 0 Å². The Labute approximate surface area is 124 Å². The fourth-order valence-electron chi connectivity index (χ4n) is 2.55. The largest absolute Gasteiger partial charge is 0.451 e. The van der Waals surface area contributed by atoms with Crippen molar-refractivity contribution >= 4 is 29.3 Å². The van der Waals surface area contributed by atoms with E-state index >= 15 is 0 Å². The van der Waals surface area contributed by atoms with Gasteiger partial charge in [-0.05, 0) is 32.0 Å². The molecule has 0 aliphatic carbocycles. The van der Waals surface area contributed by atoms with Crippen LogP contribution in [0.4, 0.5) is 0 Å². The van der Waals surface area contributed by atoms with E-state index in [1.807, 2.05) is 36.1 Å². The summed E-state index contributed by atoms with van der Waals surface area (Å²) in [6, 6.07) is 8.00. The van der Waals surface area contributed by atoms with E-state index in [9.17, 15) is 4.79 Å².